The molecule has 0 bridgehead atoms. The second kappa shape index (κ2) is 7.67. The van der Waals surface area contributed by atoms with Gasteiger partial charge in [0.15, 0.2) is 5.65 Å². The predicted octanol–water partition coefficient (Wildman–Crippen LogP) is 5.51. The van der Waals surface area contributed by atoms with E-state index in [9.17, 15) is 8.78 Å². The summed E-state index contributed by atoms with van der Waals surface area (Å²) in [5.41, 5.74) is 2.36. The lowest BCUT2D eigenvalue weighted by Crippen LogP contribution is -2.20. The third kappa shape index (κ3) is 3.59. The fourth-order valence-electron chi connectivity index (χ4n) is 4.31. The second-order valence-corrected chi connectivity index (χ2v) is 9.71. The van der Waals surface area contributed by atoms with Crippen molar-refractivity contribution in [1.82, 2.24) is 24.7 Å². The Balaban J connectivity index is 1.37. The highest BCUT2D eigenvalue weighted by Crippen LogP contribution is 2.40. The minimum atomic E-state index is -0.639. The van der Waals surface area contributed by atoms with Crippen LogP contribution in [0, 0.1) is 18.6 Å². The van der Waals surface area contributed by atoms with Crippen LogP contribution >= 0.6 is 11.3 Å². The van der Waals surface area contributed by atoms with Gasteiger partial charge in [0.25, 0.3) is 0 Å². The zero-order valence-corrected chi connectivity index (χ0v) is 18.3. The maximum atomic E-state index is 14.7. The number of hydrogen-bond donors (Lipinski definition) is 0. The van der Waals surface area contributed by atoms with E-state index >= 15 is 0 Å². The van der Waals surface area contributed by atoms with Gasteiger partial charge in [0.1, 0.15) is 22.2 Å². The third-order valence-corrected chi connectivity index (χ3v) is 7.09. The zero-order chi connectivity index (χ0) is 21.8. The molecule has 32 heavy (non-hydrogen) atoms. The van der Waals surface area contributed by atoms with Crippen molar-refractivity contribution in [3.8, 4) is 11.3 Å². The average Bonchev–Trinajstić information content (AvgIpc) is 3.38. The van der Waals surface area contributed by atoms with E-state index in [2.05, 4.69) is 16.3 Å². The van der Waals surface area contributed by atoms with Crippen LogP contribution in [0.25, 0.3) is 21.6 Å². The second-order valence-electron chi connectivity index (χ2n) is 8.51. The van der Waals surface area contributed by atoms with E-state index in [4.69, 9.17) is 14.7 Å². The SMILES string of the molecule is Cc1nc2nc([C@H]3CCO[C@H](c4cnn(C5CC5)c4)C3)nc(-c3ccc(F)cc3F)c2s1. The normalized spacial score (nSPS) is 21.3. The van der Waals surface area contributed by atoms with E-state index in [0.717, 1.165) is 29.5 Å². The lowest BCUT2D eigenvalue weighted by molar-refractivity contribution is 0.00396. The van der Waals surface area contributed by atoms with Gasteiger partial charge in [-0.25, -0.2) is 23.7 Å². The first-order chi connectivity index (χ1) is 15.5. The number of hydrogen-bond acceptors (Lipinski definition) is 6. The van der Waals surface area contributed by atoms with Gasteiger partial charge in [0.05, 0.1) is 29.0 Å². The smallest absolute Gasteiger partial charge is 0.174 e. The molecule has 1 saturated carbocycles. The van der Waals surface area contributed by atoms with Gasteiger partial charge < -0.3 is 4.74 Å². The van der Waals surface area contributed by atoms with Gasteiger partial charge in [-0.2, -0.15) is 5.10 Å². The van der Waals surface area contributed by atoms with Crippen molar-refractivity contribution < 1.29 is 13.5 Å². The van der Waals surface area contributed by atoms with E-state index in [0.29, 0.717) is 34.5 Å². The Hall–Kier alpha value is -2.78. The highest BCUT2D eigenvalue weighted by molar-refractivity contribution is 7.19. The van der Waals surface area contributed by atoms with E-state index in [-0.39, 0.29) is 17.6 Å². The standard InChI is InChI=1S/C23H21F2N5OS/c1-12-27-23-21(32-12)20(17-5-2-15(24)9-18(17)25)28-22(29-23)13-6-7-31-19(8-13)14-10-26-30(11-14)16-3-4-16/h2,5,9-11,13,16,19H,3-4,6-8H2,1H3/t13-,19-/m0/s1. The van der Waals surface area contributed by atoms with E-state index in [1.807, 2.05) is 17.8 Å². The summed E-state index contributed by atoms with van der Waals surface area (Å²) >= 11 is 1.42. The Morgan fingerprint density at radius 3 is 2.81 bits per heavy atom. The minimum Gasteiger partial charge on any atom is -0.373 e. The molecule has 2 atom stereocenters. The number of thiazole rings is 1. The van der Waals surface area contributed by atoms with Crippen molar-refractivity contribution in [3.63, 3.8) is 0 Å². The van der Waals surface area contributed by atoms with Crippen LogP contribution in [0.2, 0.25) is 0 Å². The van der Waals surface area contributed by atoms with Crippen LogP contribution in [0.15, 0.2) is 30.6 Å². The maximum absolute atomic E-state index is 14.7. The molecular formula is C23H21F2N5OS. The van der Waals surface area contributed by atoms with E-state index in [1.54, 1.807) is 0 Å². The summed E-state index contributed by atoms with van der Waals surface area (Å²) in [6.07, 6.45) is 7.74. The molecule has 2 aliphatic rings. The summed E-state index contributed by atoms with van der Waals surface area (Å²) in [6.45, 7) is 2.47. The van der Waals surface area contributed by atoms with Crippen molar-refractivity contribution in [2.24, 2.45) is 0 Å². The number of rotatable bonds is 4. The van der Waals surface area contributed by atoms with Crippen LogP contribution < -0.4 is 0 Å². The van der Waals surface area contributed by atoms with Gasteiger partial charge in [0, 0.05) is 35.9 Å². The van der Waals surface area contributed by atoms with Crippen molar-refractivity contribution in [2.45, 2.75) is 50.7 Å². The molecule has 164 valence electrons. The molecule has 3 aromatic heterocycles. The molecule has 4 aromatic rings. The van der Waals surface area contributed by atoms with Crippen molar-refractivity contribution in [1.29, 1.82) is 0 Å². The largest absolute Gasteiger partial charge is 0.373 e. The molecule has 1 aliphatic heterocycles. The van der Waals surface area contributed by atoms with Gasteiger partial charge in [-0.3, -0.25) is 4.68 Å². The number of halogens is 2. The molecule has 9 heteroatoms. The predicted molar refractivity (Wildman–Crippen MR) is 116 cm³/mol. The molecule has 0 amide bonds. The molecule has 1 aliphatic carbocycles. The average molecular weight is 454 g/mol. The summed E-state index contributed by atoms with van der Waals surface area (Å²) in [4.78, 5) is 14.1. The Morgan fingerprint density at radius 2 is 2.00 bits per heavy atom. The number of ether oxygens (including phenoxy) is 1. The van der Waals surface area contributed by atoms with Crippen LogP contribution in [0.1, 0.15) is 60.1 Å². The molecule has 6 rings (SSSR count). The number of nitrogens with zero attached hydrogens (tertiary/aromatic N) is 5. The molecule has 0 radical (unpaired) electrons. The lowest BCUT2D eigenvalue weighted by Gasteiger charge is -2.28. The van der Waals surface area contributed by atoms with Gasteiger partial charge in [-0.1, -0.05) is 0 Å². The topological polar surface area (TPSA) is 65.7 Å². The highest BCUT2D eigenvalue weighted by atomic mass is 32.1. The third-order valence-electron chi connectivity index (χ3n) is 6.13. The molecule has 0 unspecified atom stereocenters. The van der Waals surface area contributed by atoms with Gasteiger partial charge in [-0.15, -0.1) is 11.3 Å². The fraction of sp³-hybridized carbons (Fsp3) is 0.391. The zero-order valence-electron chi connectivity index (χ0n) is 17.5. The molecule has 0 N–H and O–H groups in total. The fourth-order valence-corrected chi connectivity index (χ4v) is 5.18. The van der Waals surface area contributed by atoms with Crippen LogP contribution in [-0.2, 0) is 4.74 Å². The van der Waals surface area contributed by atoms with Crippen molar-refractivity contribution in [2.75, 3.05) is 6.61 Å². The molecule has 1 aromatic carbocycles. The van der Waals surface area contributed by atoms with Crippen LogP contribution in [0.3, 0.4) is 0 Å². The number of aryl methyl sites for hydroxylation is 1. The number of aromatic nitrogens is 5. The van der Waals surface area contributed by atoms with Crippen LogP contribution in [-0.4, -0.2) is 31.3 Å². The highest BCUT2D eigenvalue weighted by Gasteiger charge is 2.31. The van der Waals surface area contributed by atoms with E-state index in [1.165, 1.54) is 36.3 Å². The molecular weight excluding hydrogens is 432 g/mol. The Kier molecular flexibility index (Phi) is 4.76. The maximum Gasteiger partial charge on any atom is 0.174 e. The monoisotopic (exact) mass is 453 g/mol. The molecule has 4 heterocycles. The number of benzene rings is 1. The summed E-state index contributed by atoms with van der Waals surface area (Å²) in [7, 11) is 0. The van der Waals surface area contributed by atoms with Crippen LogP contribution in [0.5, 0.6) is 0 Å². The van der Waals surface area contributed by atoms with Gasteiger partial charge >= 0.3 is 0 Å². The lowest BCUT2D eigenvalue weighted by atomic mass is 9.92. The molecule has 1 saturated heterocycles. The van der Waals surface area contributed by atoms with Gasteiger partial charge in [0.2, 0.25) is 0 Å². The first kappa shape index (κ1) is 19.9. The Bertz CT molecular complexity index is 1320. The quantitative estimate of drug-likeness (QED) is 0.408. The molecule has 0 spiro atoms. The first-order valence-corrected chi connectivity index (χ1v) is 11.6. The van der Waals surface area contributed by atoms with Crippen LogP contribution in [0.4, 0.5) is 8.78 Å². The summed E-state index contributed by atoms with van der Waals surface area (Å²) < 4.78 is 36.9. The first-order valence-electron chi connectivity index (χ1n) is 10.8. The Labute approximate surface area is 187 Å². The summed E-state index contributed by atoms with van der Waals surface area (Å²) in [5, 5.41) is 5.32. The number of fused-ring (bicyclic) bond motifs is 1. The minimum absolute atomic E-state index is 0.0479. The summed E-state index contributed by atoms with van der Waals surface area (Å²) in [5.74, 6) is -0.577. The summed E-state index contributed by atoms with van der Waals surface area (Å²) in [6, 6.07) is 4.10. The van der Waals surface area contributed by atoms with Crippen molar-refractivity contribution >= 4 is 21.7 Å². The van der Waals surface area contributed by atoms with Crippen molar-refractivity contribution in [3.05, 3.63) is 58.6 Å². The van der Waals surface area contributed by atoms with E-state index < -0.39 is 11.6 Å². The molecule has 2 fully saturated rings. The Morgan fingerprint density at radius 1 is 1.12 bits per heavy atom. The molecule has 6 nitrogen and oxygen atoms in total. The van der Waals surface area contributed by atoms with Gasteiger partial charge in [-0.05, 0) is 44.7 Å².